The highest BCUT2D eigenvalue weighted by Gasteiger charge is 2.41. The Labute approximate surface area is 157 Å². The van der Waals surface area contributed by atoms with Gasteiger partial charge in [-0.15, -0.1) is 0 Å². The summed E-state index contributed by atoms with van der Waals surface area (Å²) < 4.78 is 1.96. The van der Waals surface area contributed by atoms with Crippen LogP contribution in [0, 0.1) is 0 Å². The predicted octanol–water partition coefficient (Wildman–Crippen LogP) is 2.31. The van der Waals surface area contributed by atoms with Crippen LogP contribution in [0.2, 0.25) is 0 Å². The first kappa shape index (κ1) is 18.2. The Morgan fingerprint density at radius 2 is 2.00 bits per heavy atom. The molecule has 0 saturated carbocycles. The highest BCUT2D eigenvalue weighted by atomic mass is 32.2. The van der Waals surface area contributed by atoms with Gasteiger partial charge in [0.15, 0.2) is 0 Å². The summed E-state index contributed by atoms with van der Waals surface area (Å²) in [6, 6.07) is 6.14. The van der Waals surface area contributed by atoms with Crippen molar-refractivity contribution in [3.63, 3.8) is 0 Å². The fourth-order valence-electron chi connectivity index (χ4n) is 2.83. The van der Waals surface area contributed by atoms with Crippen LogP contribution in [0.4, 0.5) is 0 Å². The summed E-state index contributed by atoms with van der Waals surface area (Å²) in [5.74, 6) is -3.32. The number of aliphatic carboxylic acids is 2. The average molecular weight is 390 g/mol. The molecule has 1 saturated heterocycles. The zero-order chi connectivity index (χ0) is 19.0. The number of hydrogen-bond acceptors (Lipinski definition) is 5. The number of rotatable bonds is 5. The third-order valence-corrected chi connectivity index (χ3v) is 5.33. The van der Waals surface area contributed by atoms with Gasteiger partial charge in [0.05, 0.1) is 11.3 Å². The average Bonchev–Trinajstić information content (AvgIpc) is 3.03. The molecule has 0 radical (unpaired) electrons. The van der Waals surface area contributed by atoms with Crippen molar-refractivity contribution in [2.45, 2.75) is 12.5 Å². The predicted molar refractivity (Wildman–Crippen MR) is 102 cm³/mol. The second kappa shape index (κ2) is 6.93. The zero-order valence-electron chi connectivity index (χ0n) is 13.6. The van der Waals surface area contributed by atoms with Crippen LogP contribution in [-0.2, 0) is 21.4 Å². The molecule has 7 nitrogen and oxygen atoms in total. The molecule has 1 unspecified atom stereocenters. The summed E-state index contributed by atoms with van der Waals surface area (Å²) in [6.07, 6.45) is 2.80. The van der Waals surface area contributed by atoms with Crippen LogP contribution in [0.3, 0.4) is 0 Å². The number of thiocarbonyl (C=S) groups is 1. The Bertz CT molecular complexity index is 979. The van der Waals surface area contributed by atoms with Crippen molar-refractivity contribution in [3.05, 3.63) is 40.9 Å². The van der Waals surface area contributed by atoms with Gasteiger partial charge >= 0.3 is 11.9 Å². The summed E-state index contributed by atoms with van der Waals surface area (Å²) in [6.45, 7) is 0. The van der Waals surface area contributed by atoms with E-state index in [9.17, 15) is 19.5 Å². The molecule has 0 spiro atoms. The Kier molecular flexibility index (Phi) is 4.84. The van der Waals surface area contributed by atoms with Gasteiger partial charge in [-0.3, -0.25) is 14.5 Å². The second-order valence-corrected chi connectivity index (χ2v) is 7.39. The molecule has 2 heterocycles. The van der Waals surface area contributed by atoms with Crippen LogP contribution in [0.25, 0.3) is 17.0 Å². The van der Waals surface area contributed by atoms with Gasteiger partial charge in [0.25, 0.3) is 5.91 Å². The summed E-state index contributed by atoms with van der Waals surface area (Å²) in [4.78, 5) is 36.2. The lowest BCUT2D eigenvalue weighted by Gasteiger charge is -2.21. The fraction of sp³-hybridized carbons (Fsp3) is 0.176. The largest absolute Gasteiger partial charge is 0.481 e. The van der Waals surface area contributed by atoms with E-state index in [1.165, 1.54) is 0 Å². The molecule has 1 aliphatic rings. The molecule has 134 valence electrons. The fourth-order valence-corrected chi connectivity index (χ4v) is 4.18. The molecule has 1 aliphatic heterocycles. The molecule has 2 aromatic rings. The number of amides is 1. The monoisotopic (exact) mass is 390 g/mol. The minimum absolute atomic E-state index is 0.0372. The van der Waals surface area contributed by atoms with Crippen molar-refractivity contribution in [1.82, 2.24) is 9.47 Å². The molecule has 3 rings (SSSR count). The standard InChI is InChI=1S/C17H14N2O5S2/c1-18-8-9(10-4-2-3-5-11(10)18)6-13-15(22)19(17(25)26-13)12(16(23)24)7-14(20)21/h2-6,8,12H,7H2,1H3,(H,20,21)(H,23,24). The molecule has 2 N–H and O–H groups in total. The molecule has 26 heavy (non-hydrogen) atoms. The van der Waals surface area contributed by atoms with Crippen molar-refractivity contribution >= 4 is 63.1 Å². The van der Waals surface area contributed by atoms with Crippen molar-refractivity contribution in [2.24, 2.45) is 7.05 Å². The van der Waals surface area contributed by atoms with E-state index >= 15 is 0 Å². The molecule has 0 aliphatic carbocycles. The van der Waals surface area contributed by atoms with Gasteiger partial charge in [-0.1, -0.05) is 42.2 Å². The van der Waals surface area contributed by atoms with Crippen LogP contribution in [0.5, 0.6) is 0 Å². The molecule has 1 fully saturated rings. The number of carboxylic acids is 2. The highest BCUT2D eigenvalue weighted by Crippen LogP contribution is 2.36. The SMILES string of the molecule is Cn1cc(C=C2SC(=S)N(C(CC(=O)O)C(=O)O)C2=O)c2ccccc21. The van der Waals surface area contributed by atoms with E-state index < -0.39 is 30.3 Å². The Morgan fingerprint density at radius 1 is 1.31 bits per heavy atom. The van der Waals surface area contributed by atoms with Gasteiger partial charge in [0, 0.05) is 29.7 Å². The Balaban J connectivity index is 1.99. The molecule has 9 heteroatoms. The molecule has 0 bridgehead atoms. The van der Waals surface area contributed by atoms with E-state index in [1.807, 2.05) is 42.1 Å². The minimum atomic E-state index is -1.53. The number of carboxylic acid groups (broad SMARTS) is 2. The van der Waals surface area contributed by atoms with E-state index in [0.29, 0.717) is 0 Å². The highest BCUT2D eigenvalue weighted by molar-refractivity contribution is 8.26. The lowest BCUT2D eigenvalue weighted by molar-refractivity contribution is -0.150. The molecule has 1 atom stereocenters. The summed E-state index contributed by atoms with van der Waals surface area (Å²) >= 11 is 6.10. The molecule has 1 amide bonds. The normalized spacial score (nSPS) is 17.3. The van der Waals surface area contributed by atoms with Crippen LogP contribution in [0.1, 0.15) is 12.0 Å². The maximum atomic E-state index is 12.7. The summed E-state index contributed by atoms with van der Waals surface area (Å²) in [7, 11) is 1.89. The van der Waals surface area contributed by atoms with Crippen LogP contribution in [0.15, 0.2) is 35.4 Å². The number of benzene rings is 1. The number of hydrogen-bond donors (Lipinski definition) is 2. The smallest absolute Gasteiger partial charge is 0.327 e. The van der Waals surface area contributed by atoms with Crippen molar-refractivity contribution in [1.29, 1.82) is 0 Å². The Hall–Kier alpha value is -2.65. The minimum Gasteiger partial charge on any atom is -0.481 e. The number of para-hydroxylation sites is 1. The number of thioether (sulfide) groups is 1. The number of fused-ring (bicyclic) bond motifs is 1. The number of aryl methyl sites for hydroxylation is 1. The van der Waals surface area contributed by atoms with E-state index in [4.69, 9.17) is 17.3 Å². The lowest BCUT2D eigenvalue weighted by atomic mass is 10.1. The topological polar surface area (TPSA) is 99.8 Å². The van der Waals surface area contributed by atoms with Crippen LogP contribution in [-0.4, -0.2) is 47.9 Å². The van der Waals surface area contributed by atoms with Crippen molar-refractivity contribution in [2.75, 3.05) is 0 Å². The van der Waals surface area contributed by atoms with Gasteiger partial charge in [0.2, 0.25) is 0 Å². The van der Waals surface area contributed by atoms with Crippen molar-refractivity contribution < 1.29 is 24.6 Å². The third-order valence-electron chi connectivity index (χ3n) is 4.00. The molecular weight excluding hydrogens is 376 g/mol. The molecular formula is C17H14N2O5S2. The maximum absolute atomic E-state index is 12.7. The van der Waals surface area contributed by atoms with E-state index in [1.54, 1.807) is 6.08 Å². The second-order valence-electron chi connectivity index (χ2n) is 5.72. The number of carbonyl (C=O) groups is 3. The first-order chi connectivity index (χ1) is 12.3. The van der Waals surface area contributed by atoms with E-state index in [0.717, 1.165) is 33.1 Å². The first-order valence-electron chi connectivity index (χ1n) is 7.55. The Morgan fingerprint density at radius 3 is 2.65 bits per heavy atom. The lowest BCUT2D eigenvalue weighted by Crippen LogP contribution is -2.45. The van der Waals surface area contributed by atoms with Gasteiger partial charge < -0.3 is 14.8 Å². The number of carbonyl (C=O) groups excluding carboxylic acids is 1. The number of nitrogens with zero attached hydrogens (tertiary/aromatic N) is 2. The summed E-state index contributed by atoms with van der Waals surface area (Å²) in [5.41, 5.74) is 1.79. The van der Waals surface area contributed by atoms with E-state index in [2.05, 4.69) is 0 Å². The quantitative estimate of drug-likeness (QED) is 0.597. The number of aromatic nitrogens is 1. The van der Waals surface area contributed by atoms with Crippen molar-refractivity contribution in [3.8, 4) is 0 Å². The maximum Gasteiger partial charge on any atom is 0.327 e. The third kappa shape index (κ3) is 3.23. The molecule has 1 aromatic heterocycles. The first-order valence-corrected chi connectivity index (χ1v) is 8.77. The van der Waals surface area contributed by atoms with E-state index in [-0.39, 0.29) is 9.23 Å². The van der Waals surface area contributed by atoms with Crippen LogP contribution >= 0.6 is 24.0 Å². The van der Waals surface area contributed by atoms with Gasteiger partial charge in [-0.2, -0.15) is 0 Å². The zero-order valence-corrected chi connectivity index (χ0v) is 15.2. The molecule has 1 aromatic carbocycles. The summed E-state index contributed by atoms with van der Waals surface area (Å²) in [5, 5.41) is 19.2. The van der Waals surface area contributed by atoms with Gasteiger partial charge in [0.1, 0.15) is 10.4 Å². The van der Waals surface area contributed by atoms with Gasteiger partial charge in [-0.25, -0.2) is 4.79 Å². The van der Waals surface area contributed by atoms with Gasteiger partial charge in [-0.05, 0) is 12.1 Å². The van der Waals surface area contributed by atoms with Crippen LogP contribution < -0.4 is 0 Å².